The van der Waals surface area contributed by atoms with Gasteiger partial charge in [0.15, 0.2) is 0 Å². The summed E-state index contributed by atoms with van der Waals surface area (Å²) in [6.07, 6.45) is 2.57. The maximum absolute atomic E-state index is 2.53. The van der Waals surface area contributed by atoms with E-state index in [1.54, 1.807) is 10.8 Å². The van der Waals surface area contributed by atoms with Gasteiger partial charge < -0.3 is 0 Å². The molecule has 102 valence electrons. The van der Waals surface area contributed by atoms with E-state index in [4.69, 9.17) is 0 Å². The van der Waals surface area contributed by atoms with Crippen LogP contribution in [0.3, 0.4) is 0 Å². The molecule has 3 rings (SSSR count). The van der Waals surface area contributed by atoms with Crippen molar-refractivity contribution in [3.05, 3.63) is 71.8 Å². The SMILES string of the molecule is C[Si]1(C)CCCC(c2ccccc2)=C1c1ccccc1. The minimum atomic E-state index is -1.33. The van der Waals surface area contributed by atoms with Crippen molar-refractivity contribution in [2.75, 3.05) is 0 Å². The fraction of sp³-hybridized carbons (Fsp3) is 0.263. The van der Waals surface area contributed by atoms with Gasteiger partial charge in [0.2, 0.25) is 0 Å². The first-order chi connectivity index (χ1) is 9.68. The molecule has 1 aliphatic rings. The van der Waals surface area contributed by atoms with Crippen LogP contribution in [0.25, 0.3) is 10.8 Å². The van der Waals surface area contributed by atoms with Crippen LogP contribution in [0.5, 0.6) is 0 Å². The zero-order chi connectivity index (χ0) is 14.0. The first-order valence-corrected chi connectivity index (χ1v) is 10.7. The number of allylic oxidation sites excluding steroid dienone is 1. The summed E-state index contributed by atoms with van der Waals surface area (Å²) >= 11 is 0. The van der Waals surface area contributed by atoms with Crippen LogP contribution in [0, 0.1) is 0 Å². The summed E-state index contributed by atoms with van der Waals surface area (Å²) in [4.78, 5) is 0. The van der Waals surface area contributed by atoms with Crippen LogP contribution in [-0.2, 0) is 0 Å². The lowest BCUT2D eigenvalue weighted by atomic mass is 9.98. The van der Waals surface area contributed by atoms with Gasteiger partial charge in [0.1, 0.15) is 0 Å². The Hall–Kier alpha value is -1.60. The molecule has 0 nitrogen and oxygen atoms in total. The van der Waals surface area contributed by atoms with E-state index in [0.29, 0.717) is 0 Å². The van der Waals surface area contributed by atoms with E-state index < -0.39 is 8.07 Å². The van der Waals surface area contributed by atoms with Crippen molar-refractivity contribution in [1.82, 2.24) is 0 Å². The third-order valence-corrected chi connectivity index (χ3v) is 7.94. The van der Waals surface area contributed by atoms with Crippen molar-refractivity contribution in [1.29, 1.82) is 0 Å². The van der Waals surface area contributed by atoms with Gasteiger partial charge in [0.25, 0.3) is 0 Å². The van der Waals surface area contributed by atoms with Crippen LogP contribution in [0.1, 0.15) is 24.0 Å². The van der Waals surface area contributed by atoms with Gasteiger partial charge in [0, 0.05) is 0 Å². The van der Waals surface area contributed by atoms with Gasteiger partial charge in [-0.2, -0.15) is 0 Å². The summed E-state index contributed by atoms with van der Waals surface area (Å²) in [5, 5.41) is 1.68. The van der Waals surface area contributed by atoms with Gasteiger partial charge in [0.05, 0.1) is 8.07 Å². The van der Waals surface area contributed by atoms with Crippen molar-refractivity contribution in [2.45, 2.75) is 32.0 Å². The van der Waals surface area contributed by atoms with E-state index in [-0.39, 0.29) is 0 Å². The Morgan fingerprint density at radius 3 is 1.90 bits per heavy atom. The molecule has 2 aromatic carbocycles. The normalized spacial score (nSPS) is 18.1. The molecule has 0 radical (unpaired) electrons. The van der Waals surface area contributed by atoms with E-state index in [1.807, 2.05) is 0 Å². The highest BCUT2D eigenvalue weighted by Crippen LogP contribution is 2.43. The lowest BCUT2D eigenvalue weighted by Gasteiger charge is -2.34. The van der Waals surface area contributed by atoms with E-state index in [1.165, 1.54) is 30.0 Å². The fourth-order valence-electron chi connectivity index (χ4n) is 3.46. The van der Waals surface area contributed by atoms with Gasteiger partial charge in [-0.05, 0) is 28.3 Å². The number of hydrogen-bond donors (Lipinski definition) is 0. The molecule has 0 aromatic heterocycles. The molecule has 2 aromatic rings. The molecule has 0 fully saturated rings. The fourth-order valence-corrected chi connectivity index (χ4v) is 6.81. The van der Waals surface area contributed by atoms with Crippen molar-refractivity contribution in [2.24, 2.45) is 0 Å². The summed E-state index contributed by atoms with van der Waals surface area (Å²) in [7, 11) is -1.33. The molecule has 0 saturated carbocycles. The second-order valence-electron chi connectivity index (χ2n) is 6.32. The lowest BCUT2D eigenvalue weighted by Crippen LogP contribution is -2.31. The monoisotopic (exact) mass is 278 g/mol. The van der Waals surface area contributed by atoms with Crippen molar-refractivity contribution in [3.63, 3.8) is 0 Å². The van der Waals surface area contributed by atoms with E-state index in [0.717, 1.165) is 0 Å². The van der Waals surface area contributed by atoms with Crippen LogP contribution in [-0.4, -0.2) is 8.07 Å². The zero-order valence-electron chi connectivity index (χ0n) is 12.4. The average Bonchev–Trinajstić information content (AvgIpc) is 2.48. The Kier molecular flexibility index (Phi) is 3.62. The second kappa shape index (κ2) is 5.41. The van der Waals surface area contributed by atoms with Gasteiger partial charge in [-0.15, -0.1) is 0 Å². The first-order valence-electron chi connectivity index (χ1n) is 7.53. The van der Waals surface area contributed by atoms with E-state index in [2.05, 4.69) is 73.8 Å². The molecule has 20 heavy (non-hydrogen) atoms. The quantitative estimate of drug-likeness (QED) is 0.624. The predicted molar refractivity (Wildman–Crippen MR) is 91.2 cm³/mol. The molecule has 0 amide bonds. The summed E-state index contributed by atoms with van der Waals surface area (Å²) in [6.45, 7) is 5.05. The molecule has 0 bridgehead atoms. The number of benzene rings is 2. The Balaban J connectivity index is 2.21. The largest absolute Gasteiger partial charge is 0.0818 e. The van der Waals surface area contributed by atoms with Crippen LogP contribution >= 0.6 is 0 Å². The third kappa shape index (κ3) is 2.50. The second-order valence-corrected chi connectivity index (χ2v) is 11.1. The smallest absolute Gasteiger partial charge is 0.0654 e. The van der Waals surface area contributed by atoms with Crippen LogP contribution in [0.2, 0.25) is 19.1 Å². The van der Waals surface area contributed by atoms with Gasteiger partial charge >= 0.3 is 0 Å². The molecule has 0 saturated heterocycles. The van der Waals surface area contributed by atoms with Crippen LogP contribution in [0.15, 0.2) is 60.7 Å². The molecule has 0 atom stereocenters. The van der Waals surface area contributed by atoms with Crippen molar-refractivity contribution in [3.8, 4) is 0 Å². The Morgan fingerprint density at radius 2 is 1.30 bits per heavy atom. The zero-order valence-corrected chi connectivity index (χ0v) is 13.4. The maximum Gasteiger partial charge on any atom is 0.0818 e. The molecular weight excluding hydrogens is 256 g/mol. The third-order valence-electron chi connectivity index (χ3n) is 4.39. The summed E-state index contributed by atoms with van der Waals surface area (Å²) in [6, 6.07) is 23.4. The van der Waals surface area contributed by atoms with Gasteiger partial charge in [-0.25, -0.2) is 0 Å². The van der Waals surface area contributed by atoms with Gasteiger partial charge in [-0.3, -0.25) is 0 Å². The minimum absolute atomic E-state index is 1.23. The molecule has 0 spiro atoms. The topological polar surface area (TPSA) is 0 Å². The number of hydrogen-bond acceptors (Lipinski definition) is 0. The van der Waals surface area contributed by atoms with E-state index in [9.17, 15) is 0 Å². The molecule has 0 N–H and O–H groups in total. The molecule has 1 heteroatoms. The molecular formula is C19H22Si. The highest BCUT2D eigenvalue weighted by molar-refractivity contribution is 6.96. The van der Waals surface area contributed by atoms with Crippen molar-refractivity contribution >= 4 is 18.8 Å². The standard InChI is InChI=1S/C19H22Si/c1-20(2)15-9-14-18(16-10-5-3-6-11-16)19(20)17-12-7-4-8-13-17/h3-8,10-13H,9,14-15H2,1-2H3. The molecule has 1 heterocycles. The van der Waals surface area contributed by atoms with Crippen LogP contribution < -0.4 is 0 Å². The Morgan fingerprint density at radius 1 is 0.750 bits per heavy atom. The Labute approximate surface area is 123 Å². The predicted octanol–water partition coefficient (Wildman–Crippen LogP) is 5.64. The highest BCUT2D eigenvalue weighted by Gasteiger charge is 2.32. The summed E-state index contributed by atoms with van der Waals surface area (Å²) in [5.74, 6) is 0. The summed E-state index contributed by atoms with van der Waals surface area (Å²) in [5.41, 5.74) is 4.47. The van der Waals surface area contributed by atoms with Gasteiger partial charge in [-0.1, -0.05) is 86.2 Å². The maximum atomic E-state index is 2.53. The summed E-state index contributed by atoms with van der Waals surface area (Å²) < 4.78 is 0. The molecule has 1 aliphatic heterocycles. The highest BCUT2D eigenvalue weighted by atomic mass is 28.3. The van der Waals surface area contributed by atoms with Crippen molar-refractivity contribution < 1.29 is 0 Å². The Bertz CT molecular complexity index is 609. The number of rotatable bonds is 2. The lowest BCUT2D eigenvalue weighted by molar-refractivity contribution is 0.939. The minimum Gasteiger partial charge on any atom is -0.0654 e. The molecule has 0 unspecified atom stereocenters. The average molecular weight is 278 g/mol. The molecule has 0 aliphatic carbocycles. The van der Waals surface area contributed by atoms with Crippen LogP contribution in [0.4, 0.5) is 0 Å². The first kappa shape index (κ1) is 13.4. The van der Waals surface area contributed by atoms with E-state index >= 15 is 0 Å².